The number of rotatable bonds is 5. The number of ether oxygens (including phenoxy) is 1. The third-order valence-electron chi connectivity index (χ3n) is 1.99. The van der Waals surface area contributed by atoms with Crippen molar-refractivity contribution < 1.29 is 4.74 Å². The molecule has 0 aliphatic carbocycles. The molecule has 14 heavy (non-hydrogen) atoms. The van der Waals surface area contributed by atoms with Gasteiger partial charge >= 0.3 is 0 Å². The lowest BCUT2D eigenvalue weighted by Gasteiger charge is -2.19. The topological polar surface area (TPSA) is 9.23 Å². The fourth-order valence-electron chi connectivity index (χ4n) is 1.42. The zero-order valence-corrected chi connectivity index (χ0v) is 8.94. The molecule has 0 saturated heterocycles. The lowest BCUT2D eigenvalue weighted by molar-refractivity contribution is 0.00843. The molecule has 1 nitrogen and oxygen atoms in total. The van der Waals surface area contributed by atoms with Crippen molar-refractivity contribution in [3.63, 3.8) is 0 Å². The first-order valence-corrected chi connectivity index (χ1v) is 5.05. The molecule has 0 N–H and O–H groups in total. The molecule has 0 bridgehead atoms. The molecule has 0 aliphatic heterocycles. The van der Waals surface area contributed by atoms with E-state index in [1.807, 2.05) is 24.3 Å². The fourth-order valence-corrected chi connectivity index (χ4v) is 1.42. The summed E-state index contributed by atoms with van der Waals surface area (Å²) in [4.78, 5) is 0. The van der Waals surface area contributed by atoms with Gasteiger partial charge in [0.25, 0.3) is 0 Å². The summed E-state index contributed by atoms with van der Waals surface area (Å²) < 4.78 is 5.81. The van der Waals surface area contributed by atoms with Crippen LogP contribution < -0.4 is 0 Å². The Morgan fingerprint density at radius 2 is 1.93 bits per heavy atom. The molecule has 0 fully saturated rings. The second kappa shape index (κ2) is 5.61. The molecule has 0 aromatic heterocycles. The minimum absolute atomic E-state index is 0.147. The van der Waals surface area contributed by atoms with Gasteiger partial charge in [-0.3, -0.25) is 0 Å². The zero-order chi connectivity index (χ0) is 10.4. The van der Waals surface area contributed by atoms with Crippen molar-refractivity contribution in [3.05, 3.63) is 48.6 Å². The molecule has 1 aromatic carbocycles. The number of hydrogen-bond acceptors (Lipinski definition) is 1. The van der Waals surface area contributed by atoms with Crippen LogP contribution in [-0.4, -0.2) is 6.10 Å². The maximum Gasteiger partial charge on any atom is 0.0862 e. The van der Waals surface area contributed by atoms with Gasteiger partial charge in [-0.2, -0.15) is 0 Å². The van der Waals surface area contributed by atoms with Gasteiger partial charge in [0.15, 0.2) is 0 Å². The summed E-state index contributed by atoms with van der Waals surface area (Å²) >= 11 is 0. The van der Waals surface area contributed by atoms with Gasteiger partial charge in [0.05, 0.1) is 12.2 Å². The van der Waals surface area contributed by atoms with Gasteiger partial charge in [-0.05, 0) is 25.8 Å². The van der Waals surface area contributed by atoms with E-state index >= 15 is 0 Å². The summed E-state index contributed by atoms with van der Waals surface area (Å²) in [5.74, 6) is 0. The largest absolute Gasteiger partial charge is 0.371 e. The monoisotopic (exact) mass is 190 g/mol. The Bertz CT molecular complexity index is 264. The van der Waals surface area contributed by atoms with Crippen LogP contribution in [0.5, 0.6) is 0 Å². The Morgan fingerprint density at radius 3 is 2.43 bits per heavy atom. The van der Waals surface area contributed by atoms with Crippen molar-refractivity contribution >= 4 is 0 Å². The summed E-state index contributed by atoms with van der Waals surface area (Å²) in [6, 6.07) is 10.3. The minimum atomic E-state index is 0.147. The molecule has 0 aliphatic rings. The van der Waals surface area contributed by atoms with E-state index in [4.69, 9.17) is 4.74 Å². The maximum atomic E-state index is 5.81. The SMILES string of the molecule is C=CCC(OC(C)C)c1ccccc1. The predicted molar refractivity (Wildman–Crippen MR) is 60.2 cm³/mol. The third-order valence-corrected chi connectivity index (χ3v) is 1.99. The highest BCUT2D eigenvalue weighted by atomic mass is 16.5. The van der Waals surface area contributed by atoms with E-state index in [0.29, 0.717) is 0 Å². The van der Waals surface area contributed by atoms with E-state index in [1.165, 1.54) is 5.56 Å². The van der Waals surface area contributed by atoms with Crippen LogP contribution in [0, 0.1) is 0 Å². The highest BCUT2D eigenvalue weighted by molar-refractivity contribution is 5.18. The van der Waals surface area contributed by atoms with E-state index < -0.39 is 0 Å². The minimum Gasteiger partial charge on any atom is -0.371 e. The number of benzene rings is 1. The Kier molecular flexibility index (Phi) is 4.41. The van der Waals surface area contributed by atoms with Gasteiger partial charge in [0.2, 0.25) is 0 Å². The quantitative estimate of drug-likeness (QED) is 0.643. The molecule has 1 heteroatoms. The molecule has 0 amide bonds. The van der Waals surface area contributed by atoms with Crippen molar-refractivity contribution in [2.24, 2.45) is 0 Å². The van der Waals surface area contributed by atoms with Gasteiger partial charge in [0.1, 0.15) is 0 Å². The smallest absolute Gasteiger partial charge is 0.0862 e. The standard InChI is InChI=1S/C13H18O/c1-4-8-13(14-11(2)3)12-9-6-5-7-10-12/h4-7,9-11,13H,1,8H2,2-3H3. The summed E-state index contributed by atoms with van der Waals surface area (Å²) in [5, 5.41) is 0. The molecule has 0 spiro atoms. The van der Waals surface area contributed by atoms with Crippen LogP contribution in [0.2, 0.25) is 0 Å². The van der Waals surface area contributed by atoms with Crippen molar-refractivity contribution in [2.75, 3.05) is 0 Å². The number of hydrogen-bond donors (Lipinski definition) is 0. The van der Waals surface area contributed by atoms with E-state index in [2.05, 4.69) is 32.6 Å². The summed E-state index contributed by atoms with van der Waals surface area (Å²) in [7, 11) is 0. The van der Waals surface area contributed by atoms with Crippen molar-refractivity contribution in [1.82, 2.24) is 0 Å². The first-order valence-electron chi connectivity index (χ1n) is 5.05. The molecule has 0 saturated carbocycles. The maximum absolute atomic E-state index is 5.81. The Morgan fingerprint density at radius 1 is 1.29 bits per heavy atom. The molecule has 1 rings (SSSR count). The molecule has 1 atom stereocenters. The van der Waals surface area contributed by atoms with Gasteiger partial charge < -0.3 is 4.74 Å². The third kappa shape index (κ3) is 3.35. The fraction of sp³-hybridized carbons (Fsp3) is 0.385. The van der Waals surface area contributed by atoms with E-state index in [9.17, 15) is 0 Å². The van der Waals surface area contributed by atoms with E-state index in [0.717, 1.165) is 6.42 Å². The second-order valence-electron chi connectivity index (χ2n) is 3.61. The van der Waals surface area contributed by atoms with Crippen LogP contribution in [-0.2, 0) is 4.74 Å². The van der Waals surface area contributed by atoms with Gasteiger partial charge in [-0.15, -0.1) is 6.58 Å². The summed E-state index contributed by atoms with van der Waals surface area (Å²) in [5.41, 5.74) is 1.22. The van der Waals surface area contributed by atoms with Crippen molar-refractivity contribution in [3.8, 4) is 0 Å². The summed E-state index contributed by atoms with van der Waals surface area (Å²) in [6.45, 7) is 7.86. The zero-order valence-electron chi connectivity index (χ0n) is 8.94. The lowest BCUT2D eigenvalue weighted by atomic mass is 10.1. The van der Waals surface area contributed by atoms with Crippen molar-refractivity contribution in [2.45, 2.75) is 32.5 Å². The Hall–Kier alpha value is -1.08. The molecule has 0 radical (unpaired) electrons. The highest BCUT2D eigenvalue weighted by Crippen LogP contribution is 2.22. The van der Waals surface area contributed by atoms with E-state index in [1.54, 1.807) is 0 Å². The van der Waals surface area contributed by atoms with Crippen molar-refractivity contribution in [1.29, 1.82) is 0 Å². The van der Waals surface area contributed by atoms with Crippen LogP contribution in [0.3, 0.4) is 0 Å². The second-order valence-corrected chi connectivity index (χ2v) is 3.61. The van der Waals surface area contributed by atoms with Gasteiger partial charge in [-0.25, -0.2) is 0 Å². The lowest BCUT2D eigenvalue weighted by Crippen LogP contribution is -2.09. The highest BCUT2D eigenvalue weighted by Gasteiger charge is 2.10. The normalized spacial score (nSPS) is 12.8. The van der Waals surface area contributed by atoms with Crippen LogP contribution in [0.1, 0.15) is 31.9 Å². The first kappa shape index (κ1) is 11.0. The Balaban J connectivity index is 2.72. The van der Waals surface area contributed by atoms with Crippen LogP contribution in [0.25, 0.3) is 0 Å². The molecule has 1 aromatic rings. The summed E-state index contributed by atoms with van der Waals surface area (Å²) in [6.07, 6.45) is 3.16. The first-order chi connectivity index (χ1) is 6.74. The molecular formula is C13H18O. The Labute approximate surface area is 86.4 Å². The van der Waals surface area contributed by atoms with Crippen LogP contribution in [0.4, 0.5) is 0 Å². The predicted octanol–water partition coefficient (Wildman–Crippen LogP) is 3.73. The average Bonchev–Trinajstić information content (AvgIpc) is 2.18. The molecular weight excluding hydrogens is 172 g/mol. The van der Waals surface area contributed by atoms with Crippen LogP contribution >= 0.6 is 0 Å². The van der Waals surface area contributed by atoms with Gasteiger partial charge in [0, 0.05) is 0 Å². The average molecular weight is 190 g/mol. The molecule has 0 heterocycles. The molecule has 76 valence electrons. The molecule has 1 unspecified atom stereocenters. The van der Waals surface area contributed by atoms with Gasteiger partial charge in [-0.1, -0.05) is 36.4 Å². The van der Waals surface area contributed by atoms with E-state index in [-0.39, 0.29) is 12.2 Å². The van der Waals surface area contributed by atoms with Crippen LogP contribution in [0.15, 0.2) is 43.0 Å².